The third kappa shape index (κ3) is 3.89. The van der Waals surface area contributed by atoms with Crippen molar-refractivity contribution in [3.63, 3.8) is 0 Å². The summed E-state index contributed by atoms with van der Waals surface area (Å²) in [5.74, 6) is 0.542. The van der Waals surface area contributed by atoms with Gasteiger partial charge >= 0.3 is 5.97 Å². The second kappa shape index (κ2) is 7.67. The Hall–Kier alpha value is -3.24. The van der Waals surface area contributed by atoms with Crippen LogP contribution in [-0.2, 0) is 11.2 Å². The van der Waals surface area contributed by atoms with E-state index in [1.807, 2.05) is 25.1 Å². The molecule has 0 radical (unpaired) electrons. The first-order valence-electron chi connectivity index (χ1n) is 11.5. The zero-order chi connectivity index (χ0) is 23.5. The molecule has 2 unspecified atom stereocenters. The van der Waals surface area contributed by atoms with E-state index in [-0.39, 0.29) is 6.42 Å². The number of carboxylic acid groups (broad SMARTS) is 1. The molecule has 0 amide bonds. The van der Waals surface area contributed by atoms with E-state index in [9.17, 15) is 9.90 Å². The smallest absolute Gasteiger partial charge is 0.307 e. The molecular formula is C29H29NO3. The van der Waals surface area contributed by atoms with Gasteiger partial charge in [0.25, 0.3) is 0 Å². The van der Waals surface area contributed by atoms with Crippen LogP contribution in [-0.4, -0.2) is 26.8 Å². The standard InChI is InChI=1S/C25H19NO2.C4H10O/c1-13-19(12-23(27)28)25(18-5-2-3-8-22(18)26-13)16-9-10-17-21-11-20(21)15-7-4-6-14(16)24(15)17;1-4(2,3)5/h2-10,20-21H,11-12H2,1H3,(H,27,28);5H,1-3H3. The number of hydrogen-bond donors (Lipinski definition) is 2. The number of aliphatic hydroxyl groups is 1. The van der Waals surface area contributed by atoms with Gasteiger partial charge < -0.3 is 10.2 Å². The first kappa shape index (κ1) is 21.6. The zero-order valence-corrected chi connectivity index (χ0v) is 19.5. The Bertz CT molecular complexity index is 1390. The molecule has 0 spiro atoms. The van der Waals surface area contributed by atoms with E-state index < -0.39 is 11.6 Å². The number of aliphatic carboxylic acids is 1. The second-order valence-electron chi connectivity index (χ2n) is 10.2. The summed E-state index contributed by atoms with van der Waals surface area (Å²) in [5.41, 5.74) is 7.10. The fraction of sp³-hybridized carbons (Fsp3) is 0.310. The molecule has 2 atom stereocenters. The molecule has 0 aliphatic heterocycles. The van der Waals surface area contributed by atoms with E-state index in [4.69, 9.17) is 10.1 Å². The van der Waals surface area contributed by atoms with Crippen LogP contribution in [0, 0.1) is 6.92 Å². The Morgan fingerprint density at radius 2 is 1.61 bits per heavy atom. The summed E-state index contributed by atoms with van der Waals surface area (Å²) in [6.07, 6.45) is 1.25. The number of hydrogen-bond acceptors (Lipinski definition) is 3. The fourth-order valence-corrected chi connectivity index (χ4v) is 5.23. The second-order valence-corrected chi connectivity index (χ2v) is 10.2. The highest BCUT2D eigenvalue weighted by Crippen LogP contribution is 2.63. The average Bonchev–Trinajstić information content (AvgIpc) is 3.46. The highest BCUT2D eigenvalue weighted by molar-refractivity contribution is 6.09. The average molecular weight is 440 g/mol. The van der Waals surface area contributed by atoms with Crippen LogP contribution in [0.2, 0.25) is 0 Å². The monoisotopic (exact) mass is 439 g/mol. The Balaban J connectivity index is 0.000000416. The van der Waals surface area contributed by atoms with Crippen molar-refractivity contribution in [2.45, 2.75) is 58.0 Å². The van der Waals surface area contributed by atoms with E-state index in [1.165, 1.54) is 28.3 Å². The van der Waals surface area contributed by atoms with Gasteiger partial charge in [0.1, 0.15) is 0 Å². The van der Waals surface area contributed by atoms with Crippen LogP contribution in [0.4, 0.5) is 0 Å². The van der Waals surface area contributed by atoms with Crippen LogP contribution in [0.1, 0.15) is 61.4 Å². The van der Waals surface area contributed by atoms with Crippen molar-refractivity contribution in [2.75, 3.05) is 0 Å². The van der Waals surface area contributed by atoms with Crippen LogP contribution in [0.5, 0.6) is 0 Å². The van der Waals surface area contributed by atoms with E-state index in [2.05, 4.69) is 36.4 Å². The minimum atomic E-state index is -0.825. The lowest BCUT2D eigenvalue weighted by molar-refractivity contribution is -0.136. The third-order valence-corrected chi connectivity index (χ3v) is 6.49. The van der Waals surface area contributed by atoms with Crippen molar-refractivity contribution in [3.05, 3.63) is 77.0 Å². The van der Waals surface area contributed by atoms with Crippen LogP contribution in [0.25, 0.3) is 32.8 Å². The van der Waals surface area contributed by atoms with Crippen molar-refractivity contribution in [2.24, 2.45) is 0 Å². The van der Waals surface area contributed by atoms with Gasteiger partial charge in [0.2, 0.25) is 0 Å². The molecule has 168 valence electrons. The molecule has 3 aromatic carbocycles. The van der Waals surface area contributed by atoms with E-state index in [0.717, 1.165) is 33.3 Å². The number of aryl methyl sites for hydroxylation is 1. The number of benzene rings is 3. The number of rotatable bonds is 3. The number of aromatic nitrogens is 1. The van der Waals surface area contributed by atoms with Gasteiger partial charge in [-0.1, -0.05) is 48.5 Å². The molecule has 0 bridgehead atoms. The van der Waals surface area contributed by atoms with Crippen LogP contribution in [0.15, 0.2) is 54.6 Å². The van der Waals surface area contributed by atoms with E-state index in [1.54, 1.807) is 20.8 Å². The van der Waals surface area contributed by atoms with Gasteiger partial charge in [-0.25, -0.2) is 0 Å². The highest BCUT2D eigenvalue weighted by atomic mass is 16.4. The van der Waals surface area contributed by atoms with E-state index >= 15 is 0 Å². The first-order chi connectivity index (χ1) is 15.6. The van der Waals surface area contributed by atoms with E-state index in [0.29, 0.717) is 11.8 Å². The number of carboxylic acids is 1. The Labute approximate surface area is 193 Å². The molecule has 1 saturated carbocycles. The predicted octanol–water partition coefficient (Wildman–Crippen LogP) is 6.35. The minimum Gasteiger partial charge on any atom is -0.481 e. The maximum Gasteiger partial charge on any atom is 0.307 e. The van der Waals surface area contributed by atoms with Crippen LogP contribution >= 0.6 is 0 Å². The summed E-state index contributed by atoms with van der Waals surface area (Å²) < 4.78 is 0. The molecule has 4 heteroatoms. The number of carbonyl (C=O) groups is 1. The third-order valence-electron chi connectivity index (χ3n) is 6.49. The van der Waals surface area contributed by atoms with Gasteiger partial charge in [-0.05, 0) is 90.6 Å². The summed E-state index contributed by atoms with van der Waals surface area (Å²) in [4.78, 5) is 16.3. The molecule has 2 aliphatic carbocycles. The van der Waals surface area contributed by atoms with Gasteiger partial charge in [-0.3, -0.25) is 9.78 Å². The Kier molecular flexibility index (Phi) is 5.02. The molecule has 6 rings (SSSR count). The molecular weight excluding hydrogens is 410 g/mol. The number of nitrogens with zero attached hydrogens (tertiary/aromatic N) is 1. The summed E-state index contributed by atoms with van der Waals surface area (Å²) in [6.45, 7) is 7.15. The Morgan fingerprint density at radius 3 is 2.30 bits per heavy atom. The number of pyridine rings is 1. The maximum absolute atomic E-state index is 11.6. The Morgan fingerprint density at radius 1 is 0.970 bits per heavy atom. The molecule has 4 nitrogen and oxygen atoms in total. The lowest BCUT2D eigenvalue weighted by Crippen LogP contribution is -2.10. The fourth-order valence-electron chi connectivity index (χ4n) is 5.23. The molecule has 1 aromatic heterocycles. The molecule has 2 aliphatic rings. The molecule has 1 heterocycles. The van der Waals surface area contributed by atoms with Crippen LogP contribution < -0.4 is 0 Å². The minimum absolute atomic E-state index is 0.0206. The first-order valence-corrected chi connectivity index (χ1v) is 11.5. The van der Waals surface area contributed by atoms with Gasteiger partial charge in [0.15, 0.2) is 0 Å². The van der Waals surface area contributed by atoms with Crippen molar-refractivity contribution in [3.8, 4) is 11.1 Å². The van der Waals surface area contributed by atoms with Crippen molar-refractivity contribution in [1.29, 1.82) is 0 Å². The largest absolute Gasteiger partial charge is 0.481 e. The molecule has 33 heavy (non-hydrogen) atoms. The SMILES string of the molecule is CC(C)(C)O.Cc1nc2ccccc2c(-c2ccc3c4c(cccc24)C2CC32)c1CC(=O)O. The lowest BCUT2D eigenvalue weighted by atomic mass is 9.87. The van der Waals surface area contributed by atoms with Crippen molar-refractivity contribution < 1.29 is 15.0 Å². The van der Waals surface area contributed by atoms with Gasteiger partial charge in [0.05, 0.1) is 17.5 Å². The molecule has 1 fully saturated rings. The van der Waals surface area contributed by atoms with Gasteiger partial charge in [-0.2, -0.15) is 0 Å². The lowest BCUT2D eigenvalue weighted by Gasteiger charge is -2.18. The van der Waals surface area contributed by atoms with Crippen molar-refractivity contribution in [1.82, 2.24) is 4.98 Å². The molecule has 4 aromatic rings. The molecule has 0 saturated heterocycles. The highest BCUT2D eigenvalue weighted by Gasteiger charge is 2.46. The summed E-state index contributed by atoms with van der Waals surface area (Å²) in [7, 11) is 0. The predicted molar refractivity (Wildman–Crippen MR) is 133 cm³/mol. The quantitative estimate of drug-likeness (QED) is 0.390. The topological polar surface area (TPSA) is 70.4 Å². The normalized spacial score (nSPS) is 18.1. The van der Waals surface area contributed by atoms with Gasteiger partial charge in [-0.15, -0.1) is 0 Å². The zero-order valence-electron chi connectivity index (χ0n) is 19.5. The molecule has 2 N–H and O–H groups in total. The summed E-state index contributed by atoms with van der Waals surface area (Å²) in [6, 6.07) is 19.1. The van der Waals surface area contributed by atoms with Crippen LogP contribution in [0.3, 0.4) is 0 Å². The number of fused-ring (bicyclic) bond motifs is 4. The summed E-state index contributed by atoms with van der Waals surface area (Å²) >= 11 is 0. The maximum atomic E-state index is 11.6. The van der Waals surface area contributed by atoms with Crippen molar-refractivity contribution >= 4 is 27.6 Å². The number of para-hydroxylation sites is 1. The van der Waals surface area contributed by atoms with Gasteiger partial charge in [0, 0.05) is 11.1 Å². The summed E-state index contributed by atoms with van der Waals surface area (Å²) in [5, 5.41) is 21.7.